The lowest BCUT2D eigenvalue weighted by molar-refractivity contribution is -0.164. The Kier molecular flexibility index (Phi) is 14.4. The van der Waals surface area contributed by atoms with E-state index in [-0.39, 0.29) is 48.7 Å². The number of likely N-dealkylation sites (N-methyl/N-ethyl adjacent to an activating group) is 1. The number of aliphatic hydroxyl groups excluding tert-OH is 1. The van der Waals surface area contributed by atoms with Gasteiger partial charge in [0.15, 0.2) is 0 Å². The molecule has 0 saturated carbocycles. The summed E-state index contributed by atoms with van der Waals surface area (Å²) in [6.45, 7) is 15.9. The van der Waals surface area contributed by atoms with Gasteiger partial charge in [-0.3, -0.25) is 19.2 Å². The van der Waals surface area contributed by atoms with Gasteiger partial charge >= 0.3 is 5.97 Å². The van der Waals surface area contributed by atoms with E-state index in [0.29, 0.717) is 43.4 Å². The van der Waals surface area contributed by atoms with E-state index in [1.54, 1.807) is 33.9 Å². The van der Waals surface area contributed by atoms with E-state index in [4.69, 9.17) is 9.47 Å². The van der Waals surface area contributed by atoms with Crippen LogP contribution in [0.25, 0.3) is 0 Å². The normalized spacial score (nSPS) is 24.9. The molecule has 0 aliphatic carbocycles. The summed E-state index contributed by atoms with van der Waals surface area (Å²) in [5.41, 5.74) is 1.12. The van der Waals surface area contributed by atoms with E-state index >= 15 is 4.79 Å². The Morgan fingerprint density at radius 3 is 2.33 bits per heavy atom. The van der Waals surface area contributed by atoms with Crippen LogP contribution in [0.4, 0.5) is 11.4 Å². The van der Waals surface area contributed by atoms with Gasteiger partial charge in [0.1, 0.15) is 17.7 Å². The number of nitrogens with zero attached hydrogens (tertiary/aromatic N) is 4. The van der Waals surface area contributed by atoms with Crippen molar-refractivity contribution >= 4 is 51.0 Å². The number of amides is 3. The average Bonchev–Trinajstić information content (AvgIpc) is 3.79. The third-order valence-electron chi connectivity index (χ3n) is 11.6. The summed E-state index contributed by atoms with van der Waals surface area (Å²) in [6.07, 6.45) is 4.75. The highest BCUT2D eigenvalue weighted by atomic mass is 79.9. The van der Waals surface area contributed by atoms with Crippen molar-refractivity contribution in [3.8, 4) is 0 Å². The molecule has 3 fully saturated rings. The van der Waals surface area contributed by atoms with Crippen molar-refractivity contribution in [2.45, 2.75) is 94.0 Å². The number of anilines is 2. The van der Waals surface area contributed by atoms with Crippen LogP contribution in [-0.2, 0) is 28.7 Å². The lowest BCUT2D eigenvalue weighted by Gasteiger charge is -2.37. The second-order valence-electron chi connectivity index (χ2n) is 14.7. The number of esters is 1. The summed E-state index contributed by atoms with van der Waals surface area (Å²) in [7, 11) is 1.70. The minimum Gasteiger partial charge on any atom is -0.455 e. The van der Waals surface area contributed by atoms with Gasteiger partial charge in [-0.15, -0.1) is 13.2 Å². The van der Waals surface area contributed by atoms with Crippen molar-refractivity contribution in [2.24, 2.45) is 11.8 Å². The third kappa shape index (κ3) is 8.42. The maximum atomic E-state index is 15.1. The van der Waals surface area contributed by atoms with E-state index in [0.717, 1.165) is 18.8 Å². The first-order valence-corrected chi connectivity index (χ1v) is 20.5. The fourth-order valence-electron chi connectivity index (χ4n) is 8.64. The molecule has 11 nitrogen and oxygen atoms in total. The molecule has 2 aromatic rings. The number of benzene rings is 2. The molecule has 3 aliphatic rings. The monoisotopic (exact) mass is 820 g/mol. The molecule has 2 aromatic carbocycles. The molecule has 1 unspecified atom stereocenters. The average molecular weight is 822 g/mol. The highest BCUT2D eigenvalue weighted by molar-refractivity contribution is 9.09. The maximum absolute atomic E-state index is 15.1. The Morgan fingerprint density at radius 1 is 1.04 bits per heavy atom. The number of ether oxygens (including phenoxy) is 2. The van der Waals surface area contributed by atoms with Crippen molar-refractivity contribution in [2.75, 3.05) is 49.6 Å². The van der Waals surface area contributed by atoms with Crippen molar-refractivity contribution < 1.29 is 33.8 Å². The fraction of sp³-hybridized carbons (Fsp3) is 0.535. The van der Waals surface area contributed by atoms with Gasteiger partial charge in [0, 0.05) is 62.5 Å². The van der Waals surface area contributed by atoms with Crippen LogP contribution in [0.5, 0.6) is 0 Å². The molecule has 5 rings (SSSR count). The van der Waals surface area contributed by atoms with E-state index in [1.165, 1.54) is 0 Å². The standard InChI is InChI=1S/C43H57BrN4O7/c1-7-11-20-34(50)45(6)29(5)37(30-18-14-12-15-19-30)54-42(53)35-36-40(51)48(26-16-13-17-27-49)39(43(36)28-33(44)38(35)55-43)41(52)47(25-8-2)32-23-21-31(22-24-32)46(9-3)10-4/h7-8,12,14-15,18-19,21-24,29,33,35-39,49H,1-2,9-11,13,16-17,20,25-28H2,3-6H3/t29-,33?,35-,36+,37+,38-,39-,43+/m1/s1. The molecular formula is C43H57BrN4O7. The minimum atomic E-state index is -1.29. The predicted octanol–water partition coefficient (Wildman–Crippen LogP) is 6.06. The molecule has 3 amide bonds. The van der Waals surface area contributed by atoms with Gasteiger partial charge in [-0.25, -0.2) is 0 Å². The molecule has 12 heteroatoms. The number of likely N-dealkylation sites (tertiary alicyclic amines) is 1. The van der Waals surface area contributed by atoms with Crippen molar-refractivity contribution in [3.05, 3.63) is 85.5 Å². The Bertz CT molecular complexity index is 1670. The SMILES string of the molecule is C=CCCC(=O)N(C)[C@H](C)[C@H](OC(=O)[C@H]1[C@@H]2O[C@@]3(CC2Br)[C@@H]1C(=O)N(CCCCCO)[C@@H]3C(=O)N(CC=C)c1ccc(N(CC)CC)cc1)c1ccccc1. The molecule has 1 spiro atoms. The third-order valence-corrected chi connectivity index (χ3v) is 12.4. The van der Waals surface area contributed by atoms with Crippen molar-refractivity contribution in [1.29, 1.82) is 0 Å². The molecular weight excluding hydrogens is 764 g/mol. The second-order valence-corrected chi connectivity index (χ2v) is 15.9. The molecule has 2 bridgehead atoms. The first-order chi connectivity index (χ1) is 26.5. The number of carbonyl (C=O) groups excluding carboxylic acids is 4. The smallest absolute Gasteiger partial charge is 0.313 e. The molecule has 3 aliphatic heterocycles. The number of fused-ring (bicyclic) bond motifs is 1. The fourth-order valence-corrected chi connectivity index (χ4v) is 9.59. The first-order valence-electron chi connectivity index (χ1n) is 19.6. The van der Waals surface area contributed by atoms with E-state index in [9.17, 15) is 19.5 Å². The lowest BCUT2D eigenvalue weighted by Crippen LogP contribution is -2.57. The number of unbranched alkanes of at least 4 members (excludes halogenated alkanes) is 2. The van der Waals surface area contributed by atoms with Gasteiger partial charge < -0.3 is 34.2 Å². The van der Waals surface area contributed by atoms with Crippen LogP contribution in [0, 0.1) is 11.8 Å². The number of carbonyl (C=O) groups is 4. The molecule has 8 atom stereocenters. The van der Waals surface area contributed by atoms with Crippen LogP contribution in [0.2, 0.25) is 0 Å². The molecule has 3 heterocycles. The van der Waals surface area contributed by atoms with Gasteiger partial charge in [0.05, 0.1) is 24.0 Å². The molecule has 55 heavy (non-hydrogen) atoms. The Labute approximate surface area is 334 Å². The summed E-state index contributed by atoms with van der Waals surface area (Å²) < 4.78 is 13.2. The number of halogens is 1. The predicted molar refractivity (Wildman–Crippen MR) is 218 cm³/mol. The van der Waals surface area contributed by atoms with E-state index in [1.807, 2.05) is 61.5 Å². The first kappa shape index (κ1) is 42.1. The molecule has 298 valence electrons. The van der Waals surface area contributed by atoms with Crippen molar-refractivity contribution in [1.82, 2.24) is 9.80 Å². The van der Waals surface area contributed by atoms with Crippen molar-refractivity contribution in [3.63, 3.8) is 0 Å². The Balaban J connectivity index is 1.51. The maximum Gasteiger partial charge on any atom is 0.313 e. The number of allylic oxidation sites excluding steroid dienone is 1. The number of rotatable bonds is 20. The van der Waals surface area contributed by atoms with Gasteiger partial charge in [0.25, 0.3) is 5.91 Å². The van der Waals surface area contributed by atoms with Crippen LogP contribution in [-0.4, -0.2) is 107 Å². The van der Waals surface area contributed by atoms with E-state index in [2.05, 4.69) is 47.8 Å². The van der Waals surface area contributed by atoms with Gasteiger partial charge in [-0.1, -0.05) is 58.4 Å². The number of alkyl halides is 1. The minimum absolute atomic E-state index is 0.0273. The van der Waals surface area contributed by atoms with Gasteiger partial charge in [-0.2, -0.15) is 0 Å². The summed E-state index contributed by atoms with van der Waals surface area (Å²) in [4.78, 5) is 64.3. The van der Waals surface area contributed by atoms with Crippen LogP contribution >= 0.6 is 15.9 Å². The van der Waals surface area contributed by atoms with Crippen LogP contribution in [0.3, 0.4) is 0 Å². The van der Waals surface area contributed by atoms with Gasteiger partial charge in [0.2, 0.25) is 11.8 Å². The summed E-state index contributed by atoms with van der Waals surface area (Å²) in [5.74, 6) is -3.29. The van der Waals surface area contributed by atoms with Crippen LogP contribution in [0.1, 0.15) is 71.0 Å². The second kappa shape index (κ2) is 18.8. The van der Waals surface area contributed by atoms with Gasteiger partial charge in [-0.05, 0) is 82.7 Å². The molecule has 3 saturated heterocycles. The Hall–Kier alpha value is -4.00. The lowest BCUT2D eigenvalue weighted by atomic mass is 9.70. The van der Waals surface area contributed by atoms with E-state index < -0.39 is 47.7 Å². The summed E-state index contributed by atoms with van der Waals surface area (Å²) >= 11 is 3.78. The van der Waals surface area contributed by atoms with Crippen LogP contribution in [0.15, 0.2) is 79.9 Å². The quantitative estimate of drug-likeness (QED) is 0.0742. The number of hydrogen-bond donors (Lipinski definition) is 1. The zero-order valence-electron chi connectivity index (χ0n) is 32.6. The number of hydrogen-bond acceptors (Lipinski definition) is 8. The molecule has 1 N–H and O–H groups in total. The zero-order chi connectivity index (χ0) is 39.9. The topological polar surface area (TPSA) is 120 Å². The van der Waals surface area contributed by atoms with Crippen LogP contribution < -0.4 is 9.80 Å². The number of aliphatic hydroxyl groups is 1. The highest BCUT2D eigenvalue weighted by Crippen LogP contribution is 2.60. The molecule has 0 radical (unpaired) electrons. The summed E-state index contributed by atoms with van der Waals surface area (Å²) in [6, 6.07) is 15.5. The Morgan fingerprint density at radius 2 is 1.71 bits per heavy atom. The highest BCUT2D eigenvalue weighted by Gasteiger charge is 2.77. The summed E-state index contributed by atoms with van der Waals surface area (Å²) in [5, 5.41) is 9.47. The molecule has 0 aromatic heterocycles. The zero-order valence-corrected chi connectivity index (χ0v) is 34.2. The largest absolute Gasteiger partial charge is 0.455 e.